The summed E-state index contributed by atoms with van der Waals surface area (Å²) in [6, 6.07) is 0. The summed E-state index contributed by atoms with van der Waals surface area (Å²) < 4.78 is 10.2. The van der Waals surface area contributed by atoms with E-state index < -0.39 is 0 Å². The SMILES string of the molecule is CCOC(=O)/C=C/[C@H]1O[C@@H]1C(C)(C)C. The fourth-order valence-electron chi connectivity index (χ4n) is 1.33. The second kappa shape index (κ2) is 4.13. The van der Waals surface area contributed by atoms with Crippen LogP contribution in [0.4, 0.5) is 0 Å². The zero-order valence-corrected chi connectivity index (χ0v) is 9.24. The van der Waals surface area contributed by atoms with Crippen LogP contribution in [0, 0.1) is 5.41 Å². The molecule has 0 aliphatic carbocycles. The second-order valence-corrected chi connectivity index (χ2v) is 4.50. The first-order valence-electron chi connectivity index (χ1n) is 4.95. The van der Waals surface area contributed by atoms with Crippen molar-refractivity contribution >= 4 is 5.97 Å². The van der Waals surface area contributed by atoms with Gasteiger partial charge in [-0.2, -0.15) is 0 Å². The number of hydrogen-bond acceptors (Lipinski definition) is 3. The van der Waals surface area contributed by atoms with Gasteiger partial charge in [-0.05, 0) is 18.4 Å². The highest BCUT2D eigenvalue weighted by atomic mass is 16.6. The molecule has 14 heavy (non-hydrogen) atoms. The molecule has 1 aliphatic heterocycles. The van der Waals surface area contributed by atoms with Gasteiger partial charge in [0.05, 0.1) is 12.7 Å². The second-order valence-electron chi connectivity index (χ2n) is 4.50. The minimum atomic E-state index is -0.296. The third-order valence-electron chi connectivity index (χ3n) is 2.09. The van der Waals surface area contributed by atoms with Gasteiger partial charge in [0.25, 0.3) is 0 Å². The molecule has 0 N–H and O–H groups in total. The molecule has 1 saturated heterocycles. The molecule has 1 heterocycles. The lowest BCUT2D eigenvalue weighted by Gasteiger charge is -2.13. The summed E-state index contributed by atoms with van der Waals surface area (Å²) in [7, 11) is 0. The Hall–Kier alpha value is -0.830. The molecule has 3 heteroatoms. The molecule has 0 unspecified atom stereocenters. The third-order valence-corrected chi connectivity index (χ3v) is 2.09. The number of rotatable bonds is 3. The standard InChI is InChI=1S/C11H18O3/c1-5-13-9(12)7-6-8-10(14-8)11(2,3)4/h6-8,10H,5H2,1-4H3/b7-6+/t8-,10+/m1/s1. The summed E-state index contributed by atoms with van der Waals surface area (Å²) in [4.78, 5) is 11.0. The van der Waals surface area contributed by atoms with E-state index in [9.17, 15) is 4.79 Å². The first kappa shape index (κ1) is 11.2. The van der Waals surface area contributed by atoms with E-state index in [2.05, 4.69) is 20.8 Å². The molecule has 0 aromatic rings. The predicted octanol–water partition coefficient (Wildman–Crippen LogP) is 1.92. The number of carbonyl (C=O) groups excluding carboxylic acids is 1. The van der Waals surface area contributed by atoms with E-state index in [1.807, 2.05) is 0 Å². The highest BCUT2D eigenvalue weighted by Gasteiger charge is 2.45. The summed E-state index contributed by atoms with van der Waals surface area (Å²) in [6.07, 6.45) is 3.53. The van der Waals surface area contributed by atoms with Gasteiger partial charge in [-0.15, -0.1) is 0 Å². The lowest BCUT2D eigenvalue weighted by atomic mass is 9.90. The molecule has 0 aromatic carbocycles. The lowest BCUT2D eigenvalue weighted by molar-refractivity contribution is -0.137. The lowest BCUT2D eigenvalue weighted by Crippen LogP contribution is -2.15. The molecular weight excluding hydrogens is 180 g/mol. The van der Waals surface area contributed by atoms with Crippen molar-refractivity contribution in [3.63, 3.8) is 0 Å². The van der Waals surface area contributed by atoms with E-state index >= 15 is 0 Å². The van der Waals surface area contributed by atoms with Gasteiger partial charge in [-0.1, -0.05) is 20.8 Å². The van der Waals surface area contributed by atoms with Gasteiger partial charge in [0.1, 0.15) is 6.10 Å². The Labute approximate surface area is 85.1 Å². The molecule has 0 radical (unpaired) electrons. The van der Waals surface area contributed by atoms with Crippen molar-refractivity contribution in [3.05, 3.63) is 12.2 Å². The molecule has 0 aromatic heterocycles. The van der Waals surface area contributed by atoms with Gasteiger partial charge < -0.3 is 9.47 Å². The van der Waals surface area contributed by atoms with Crippen LogP contribution in [0.5, 0.6) is 0 Å². The van der Waals surface area contributed by atoms with Crippen LogP contribution >= 0.6 is 0 Å². The van der Waals surface area contributed by atoms with E-state index in [1.165, 1.54) is 6.08 Å². The number of carbonyl (C=O) groups is 1. The molecule has 2 atom stereocenters. The van der Waals surface area contributed by atoms with Crippen molar-refractivity contribution in [1.29, 1.82) is 0 Å². The average molecular weight is 198 g/mol. The van der Waals surface area contributed by atoms with Crippen molar-refractivity contribution < 1.29 is 14.3 Å². The van der Waals surface area contributed by atoms with Gasteiger partial charge in [0, 0.05) is 6.08 Å². The van der Waals surface area contributed by atoms with Gasteiger partial charge in [-0.3, -0.25) is 0 Å². The number of epoxide rings is 1. The zero-order valence-electron chi connectivity index (χ0n) is 9.24. The Balaban J connectivity index is 2.32. The minimum Gasteiger partial charge on any atom is -0.463 e. The van der Waals surface area contributed by atoms with Crippen LogP contribution in [0.15, 0.2) is 12.2 Å². The largest absolute Gasteiger partial charge is 0.463 e. The summed E-state index contributed by atoms with van der Waals surface area (Å²) >= 11 is 0. The van der Waals surface area contributed by atoms with Gasteiger partial charge >= 0.3 is 5.97 Å². The molecule has 1 fully saturated rings. The Morgan fingerprint density at radius 2 is 2.14 bits per heavy atom. The maximum Gasteiger partial charge on any atom is 0.330 e. The maximum atomic E-state index is 11.0. The van der Waals surface area contributed by atoms with Crippen LogP contribution in [0.25, 0.3) is 0 Å². The van der Waals surface area contributed by atoms with Gasteiger partial charge in [0.2, 0.25) is 0 Å². The smallest absolute Gasteiger partial charge is 0.330 e. The van der Waals surface area contributed by atoms with E-state index in [0.717, 1.165) is 0 Å². The quantitative estimate of drug-likeness (QED) is 0.395. The Morgan fingerprint density at radius 3 is 2.57 bits per heavy atom. The summed E-state index contributed by atoms with van der Waals surface area (Å²) in [5.74, 6) is -0.296. The molecule has 1 rings (SSSR count). The molecule has 3 nitrogen and oxygen atoms in total. The van der Waals surface area contributed by atoms with Crippen molar-refractivity contribution in [2.45, 2.75) is 39.9 Å². The Kier molecular flexibility index (Phi) is 3.32. The van der Waals surface area contributed by atoms with E-state index in [-0.39, 0.29) is 23.6 Å². The summed E-state index contributed by atoms with van der Waals surface area (Å²) in [5, 5.41) is 0. The fraction of sp³-hybridized carbons (Fsp3) is 0.727. The first-order valence-corrected chi connectivity index (χ1v) is 4.95. The molecular formula is C11H18O3. The highest BCUT2D eigenvalue weighted by molar-refractivity contribution is 5.82. The summed E-state index contributed by atoms with van der Waals surface area (Å²) in [5.41, 5.74) is 0.143. The fourth-order valence-corrected chi connectivity index (χ4v) is 1.33. The van der Waals surface area contributed by atoms with Crippen molar-refractivity contribution in [3.8, 4) is 0 Å². The van der Waals surface area contributed by atoms with Crippen LogP contribution in [-0.2, 0) is 14.3 Å². The number of esters is 1. The van der Waals surface area contributed by atoms with Crippen molar-refractivity contribution in [2.75, 3.05) is 6.61 Å². The monoisotopic (exact) mass is 198 g/mol. The maximum absolute atomic E-state index is 11.0. The van der Waals surface area contributed by atoms with Crippen molar-refractivity contribution in [2.24, 2.45) is 5.41 Å². The van der Waals surface area contributed by atoms with E-state index in [4.69, 9.17) is 9.47 Å². The molecule has 0 saturated carbocycles. The number of ether oxygens (including phenoxy) is 2. The van der Waals surface area contributed by atoms with Crippen LogP contribution in [-0.4, -0.2) is 24.8 Å². The Bertz CT molecular complexity index is 237. The van der Waals surface area contributed by atoms with Crippen molar-refractivity contribution in [1.82, 2.24) is 0 Å². The van der Waals surface area contributed by atoms with Crippen LogP contribution in [0.1, 0.15) is 27.7 Å². The van der Waals surface area contributed by atoms with Crippen LogP contribution < -0.4 is 0 Å². The average Bonchev–Trinajstić information content (AvgIpc) is 2.79. The Morgan fingerprint density at radius 1 is 1.50 bits per heavy atom. The molecule has 80 valence electrons. The van der Waals surface area contributed by atoms with E-state index in [0.29, 0.717) is 6.61 Å². The highest BCUT2D eigenvalue weighted by Crippen LogP contribution is 2.38. The normalized spacial score (nSPS) is 26.6. The minimum absolute atomic E-state index is 0.0828. The zero-order chi connectivity index (χ0) is 10.8. The molecule has 0 amide bonds. The van der Waals surface area contributed by atoms with Crippen LogP contribution in [0.2, 0.25) is 0 Å². The first-order chi connectivity index (χ1) is 6.45. The van der Waals surface area contributed by atoms with Gasteiger partial charge in [0.15, 0.2) is 0 Å². The molecule has 1 aliphatic rings. The molecule has 0 bridgehead atoms. The van der Waals surface area contributed by atoms with E-state index in [1.54, 1.807) is 13.0 Å². The topological polar surface area (TPSA) is 38.8 Å². The van der Waals surface area contributed by atoms with Gasteiger partial charge in [-0.25, -0.2) is 4.79 Å². The van der Waals surface area contributed by atoms with Crippen LogP contribution in [0.3, 0.4) is 0 Å². The predicted molar refractivity (Wildman–Crippen MR) is 53.9 cm³/mol. The third kappa shape index (κ3) is 3.14. The number of hydrogen-bond donors (Lipinski definition) is 0. The molecule has 0 spiro atoms. The summed E-state index contributed by atoms with van der Waals surface area (Å²) in [6.45, 7) is 8.57.